The van der Waals surface area contributed by atoms with Crippen LogP contribution in [0.15, 0.2) is 42.5 Å². The Kier molecular flexibility index (Phi) is 4.89. The molecule has 0 saturated heterocycles. The maximum absolute atomic E-state index is 12.7. The molecule has 0 N–H and O–H groups in total. The Labute approximate surface area is 144 Å². The normalized spacial score (nSPS) is 13.5. The molecule has 0 fully saturated rings. The molecular formula is C21H26N2O. The first kappa shape index (κ1) is 16.6. The number of hydrogen-bond acceptors (Lipinski definition) is 2. The summed E-state index contributed by atoms with van der Waals surface area (Å²) in [5.74, 6) is 0.233. The van der Waals surface area contributed by atoms with Crippen LogP contribution in [0.25, 0.3) is 0 Å². The standard InChI is InChI=1S/C21H26N2O/c1-16-6-12-20-18(15-16)5-4-14-23(20)21(24)13-9-17-7-10-19(11-8-17)22(2)3/h6-8,10-12,15H,4-5,9,13-14H2,1-3H3. The minimum atomic E-state index is 0.233. The molecule has 2 aromatic carbocycles. The third-order valence-electron chi connectivity index (χ3n) is 4.73. The van der Waals surface area contributed by atoms with E-state index in [9.17, 15) is 4.79 Å². The number of hydrogen-bond donors (Lipinski definition) is 0. The zero-order valence-electron chi connectivity index (χ0n) is 14.9. The van der Waals surface area contributed by atoms with Crippen LogP contribution < -0.4 is 9.80 Å². The number of nitrogens with zero attached hydrogens (tertiary/aromatic N) is 2. The Hall–Kier alpha value is -2.29. The smallest absolute Gasteiger partial charge is 0.227 e. The van der Waals surface area contributed by atoms with Crippen molar-refractivity contribution in [3.05, 3.63) is 59.2 Å². The van der Waals surface area contributed by atoms with Crippen LogP contribution in [0.4, 0.5) is 11.4 Å². The van der Waals surface area contributed by atoms with Gasteiger partial charge in [0.1, 0.15) is 0 Å². The van der Waals surface area contributed by atoms with Crippen molar-refractivity contribution >= 4 is 17.3 Å². The Morgan fingerprint density at radius 1 is 1.12 bits per heavy atom. The van der Waals surface area contributed by atoms with E-state index in [4.69, 9.17) is 0 Å². The highest BCUT2D eigenvalue weighted by molar-refractivity contribution is 5.94. The number of rotatable bonds is 4. The Balaban J connectivity index is 1.66. The SMILES string of the molecule is Cc1ccc2c(c1)CCCN2C(=O)CCc1ccc(N(C)C)cc1. The van der Waals surface area contributed by atoms with Crippen molar-refractivity contribution in [2.24, 2.45) is 0 Å². The van der Waals surface area contributed by atoms with E-state index in [1.165, 1.54) is 22.4 Å². The Bertz CT molecular complexity index is 719. The number of carbonyl (C=O) groups excluding carboxylic acids is 1. The molecule has 3 nitrogen and oxygen atoms in total. The molecule has 0 aromatic heterocycles. The average Bonchev–Trinajstić information content (AvgIpc) is 2.59. The summed E-state index contributed by atoms with van der Waals surface area (Å²) in [5.41, 5.74) is 6.09. The molecule has 1 heterocycles. The second-order valence-corrected chi connectivity index (χ2v) is 6.84. The Morgan fingerprint density at radius 3 is 2.58 bits per heavy atom. The quantitative estimate of drug-likeness (QED) is 0.850. The van der Waals surface area contributed by atoms with Crippen molar-refractivity contribution in [1.82, 2.24) is 0 Å². The predicted molar refractivity (Wildman–Crippen MR) is 101 cm³/mol. The van der Waals surface area contributed by atoms with Crippen molar-refractivity contribution in [1.29, 1.82) is 0 Å². The van der Waals surface area contributed by atoms with Crippen molar-refractivity contribution in [3.8, 4) is 0 Å². The summed E-state index contributed by atoms with van der Waals surface area (Å²) in [5, 5.41) is 0. The van der Waals surface area contributed by atoms with Crippen LogP contribution in [0.3, 0.4) is 0 Å². The molecule has 0 spiro atoms. The molecule has 1 aliphatic rings. The van der Waals surface area contributed by atoms with Gasteiger partial charge in [-0.25, -0.2) is 0 Å². The second kappa shape index (κ2) is 7.08. The number of amides is 1. The maximum atomic E-state index is 12.7. The van der Waals surface area contributed by atoms with Gasteiger partial charge in [-0.15, -0.1) is 0 Å². The molecule has 3 heteroatoms. The van der Waals surface area contributed by atoms with Crippen LogP contribution in [-0.2, 0) is 17.6 Å². The lowest BCUT2D eigenvalue weighted by Crippen LogP contribution is -2.35. The number of benzene rings is 2. The summed E-state index contributed by atoms with van der Waals surface area (Å²) in [6.45, 7) is 2.95. The third-order valence-corrected chi connectivity index (χ3v) is 4.73. The zero-order valence-corrected chi connectivity index (χ0v) is 14.9. The monoisotopic (exact) mass is 322 g/mol. The number of carbonyl (C=O) groups is 1. The van der Waals surface area contributed by atoms with E-state index in [1.54, 1.807) is 0 Å². The van der Waals surface area contributed by atoms with Gasteiger partial charge < -0.3 is 9.80 Å². The summed E-state index contributed by atoms with van der Waals surface area (Å²) in [6, 6.07) is 14.9. The fourth-order valence-electron chi connectivity index (χ4n) is 3.33. The largest absolute Gasteiger partial charge is 0.378 e. The van der Waals surface area contributed by atoms with Gasteiger partial charge in [-0.05, 0) is 55.5 Å². The molecule has 0 bridgehead atoms. The first-order valence-corrected chi connectivity index (χ1v) is 8.71. The fourth-order valence-corrected chi connectivity index (χ4v) is 3.33. The second-order valence-electron chi connectivity index (χ2n) is 6.84. The third kappa shape index (κ3) is 3.61. The van der Waals surface area contributed by atoms with E-state index >= 15 is 0 Å². The first-order valence-electron chi connectivity index (χ1n) is 8.71. The molecule has 0 aliphatic carbocycles. The van der Waals surface area contributed by atoms with Gasteiger partial charge in [0, 0.05) is 38.4 Å². The van der Waals surface area contributed by atoms with E-state index in [-0.39, 0.29) is 5.91 Å². The topological polar surface area (TPSA) is 23.6 Å². The molecule has 0 unspecified atom stereocenters. The van der Waals surface area contributed by atoms with Crippen LogP contribution in [0.2, 0.25) is 0 Å². The van der Waals surface area contributed by atoms with Crippen LogP contribution in [0, 0.1) is 6.92 Å². The van der Waals surface area contributed by atoms with Gasteiger partial charge in [0.2, 0.25) is 5.91 Å². The van der Waals surface area contributed by atoms with E-state index in [0.717, 1.165) is 31.5 Å². The van der Waals surface area contributed by atoms with Gasteiger partial charge in [0.05, 0.1) is 0 Å². The molecule has 126 valence electrons. The molecule has 3 rings (SSSR count). The van der Waals surface area contributed by atoms with Crippen molar-refractivity contribution in [2.75, 3.05) is 30.4 Å². The summed E-state index contributed by atoms with van der Waals surface area (Å²) >= 11 is 0. The van der Waals surface area contributed by atoms with Gasteiger partial charge in [-0.3, -0.25) is 4.79 Å². The number of anilines is 2. The minimum Gasteiger partial charge on any atom is -0.378 e. The van der Waals surface area contributed by atoms with Crippen molar-refractivity contribution in [3.63, 3.8) is 0 Å². The highest BCUT2D eigenvalue weighted by Crippen LogP contribution is 2.28. The minimum absolute atomic E-state index is 0.233. The van der Waals surface area contributed by atoms with E-state index in [1.807, 2.05) is 19.0 Å². The maximum Gasteiger partial charge on any atom is 0.227 e. The number of aryl methyl sites for hydroxylation is 3. The van der Waals surface area contributed by atoms with E-state index < -0.39 is 0 Å². The lowest BCUT2D eigenvalue weighted by molar-refractivity contribution is -0.118. The summed E-state index contributed by atoms with van der Waals surface area (Å²) in [4.78, 5) is 16.8. The highest BCUT2D eigenvalue weighted by Gasteiger charge is 2.22. The van der Waals surface area contributed by atoms with Crippen LogP contribution >= 0.6 is 0 Å². The lowest BCUT2D eigenvalue weighted by atomic mass is 9.99. The molecule has 2 aromatic rings. The molecule has 1 amide bonds. The zero-order chi connectivity index (χ0) is 17.1. The average molecular weight is 322 g/mol. The molecule has 0 saturated carbocycles. The summed E-state index contributed by atoms with van der Waals surface area (Å²) in [7, 11) is 4.07. The molecule has 24 heavy (non-hydrogen) atoms. The van der Waals surface area contributed by atoms with E-state index in [0.29, 0.717) is 6.42 Å². The molecular weight excluding hydrogens is 296 g/mol. The van der Waals surface area contributed by atoms with E-state index in [2.05, 4.69) is 54.3 Å². The fraction of sp³-hybridized carbons (Fsp3) is 0.381. The van der Waals surface area contributed by atoms with Gasteiger partial charge in [-0.2, -0.15) is 0 Å². The van der Waals surface area contributed by atoms with Gasteiger partial charge >= 0.3 is 0 Å². The van der Waals surface area contributed by atoms with Crippen LogP contribution in [-0.4, -0.2) is 26.5 Å². The van der Waals surface area contributed by atoms with Gasteiger partial charge in [0.25, 0.3) is 0 Å². The van der Waals surface area contributed by atoms with Crippen LogP contribution in [0.5, 0.6) is 0 Å². The lowest BCUT2D eigenvalue weighted by Gasteiger charge is -2.30. The molecule has 1 aliphatic heterocycles. The molecule has 0 radical (unpaired) electrons. The Morgan fingerprint density at radius 2 is 1.88 bits per heavy atom. The van der Waals surface area contributed by atoms with Crippen LogP contribution in [0.1, 0.15) is 29.5 Å². The summed E-state index contributed by atoms with van der Waals surface area (Å²) < 4.78 is 0. The molecule has 0 atom stereocenters. The number of fused-ring (bicyclic) bond motifs is 1. The van der Waals surface area contributed by atoms with Crippen molar-refractivity contribution < 1.29 is 4.79 Å². The predicted octanol–water partition coefficient (Wildman–Crippen LogP) is 3.97. The highest BCUT2D eigenvalue weighted by atomic mass is 16.2. The summed E-state index contributed by atoms with van der Waals surface area (Å²) in [6.07, 6.45) is 3.49. The van der Waals surface area contributed by atoms with Gasteiger partial charge in [-0.1, -0.05) is 29.8 Å². The van der Waals surface area contributed by atoms with Crippen molar-refractivity contribution in [2.45, 2.75) is 32.6 Å². The van der Waals surface area contributed by atoms with Gasteiger partial charge in [0.15, 0.2) is 0 Å². The first-order chi connectivity index (χ1) is 11.5.